The van der Waals surface area contributed by atoms with Crippen molar-refractivity contribution in [3.63, 3.8) is 0 Å². The van der Waals surface area contributed by atoms with Gasteiger partial charge in [-0.2, -0.15) is 5.10 Å². The molecule has 1 heterocycles. The van der Waals surface area contributed by atoms with Crippen LogP contribution in [0.3, 0.4) is 0 Å². The Morgan fingerprint density at radius 3 is 2.57 bits per heavy atom. The Bertz CT molecular complexity index is 664. The first-order valence-corrected chi connectivity index (χ1v) is 6.68. The number of halogens is 3. The van der Waals surface area contributed by atoms with Gasteiger partial charge in [0.25, 0.3) is 0 Å². The molecular formula is C14H16F3N5O. The SMILES string of the molecule is Cn1cc(CN=C(N)NCc2ccc(OC(F)(F)F)cc2)cn1. The summed E-state index contributed by atoms with van der Waals surface area (Å²) in [5.74, 6) is -0.0241. The maximum absolute atomic E-state index is 12.0. The summed E-state index contributed by atoms with van der Waals surface area (Å²) in [4.78, 5) is 4.15. The van der Waals surface area contributed by atoms with Crippen molar-refractivity contribution in [2.24, 2.45) is 17.8 Å². The fourth-order valence-corrected chi connectivity index (χ4v) is 1.79. The molecule has 0 aliphatic carbocycles. The van der Waals surface area contributed by atoms with Gasteiger partial charge in [0.05, 0.1) is 12.7 Å². The molecular weight excluding hydrogens is 311 g/mol. The number of hydrogen-bond acceptors (Lipinski definition) is 3. The van der Waals surface area contributed by atoms with Crippen molar-refractivity contribution in [3.8, 4) is 5.75 Å². The first-order chi connectivity index (χ1) is 10.8. The van der Waals surface area contributed by atoms with E-state index in [0.717, 1.165) is 11.1 Å². The highest BCUT2D eigenvalue weighted by Crippen LogP contribution is 2.22. The highest BCUT2D eigenvalue weighted by molar-refractivity contribution is 5.77. The number of nitrogens with zero attached hydrogens (tertiary/aromatic N) is 3. The lowest BCUT2D eigenvalue weighted by Gasteiger charge is -2.10. The molecule has 1 aromatic heterocycles. The highest BCUT2D eigenvalue weighted by atomic mass is 19.4. The van der Waals surface area contributed by atoms with Gasteiger partial charge in [0.1, 0.15) is 5.75 Å². The first kappa shape index (κ1) is 16.7. The number of rotatable bonds is 5. The van der Waals surface area contributed by atoms with Gasteiger partial charge in [0.2, 0.25) is 0 Å². The van der Waals surface area contributed by atoms with E-state index in [-0.39, 0.29) is 11.7 Å². The smallest absolute Gasteiger partial charge is 0.406 e. The summed E-state index contributed by atoms with van der Waals surface area (Å²) >= 11 is 0. The zero-order chi connectivity index (χ0) is 16.9. The predicted octanol–water partition coefficient (Wildman–Crippen LogP) is 1.92. The van der Waals surface area contributed by atoms with Gasteiger partial charge in [-0.05, 0) is 17.7 Å². The number of nitrogens with two attached hydrogens (primary N) is 1. The van der Waals surface area contributed by atoms with Crippen molar-refractivity contribution in [1.82, 2.24) is 15.1 Å². The molecule has 6 nitrogen and oxygen atoms in total. The monoisotopic (exact) mass is 327 g/mol. The number of hydrogen-bond donors (Lipinski definition) is 2. The molecule has 0 unspecified atom stereocenters. The number of alkyl halides is 3. The van der Waals surface area contributed by atoms with E-state index in [4.69, 9.17) is 5.73 Å². The first-order valence-electron chi connectivity index (χ1n) is 6.68. The Morgan fingerprint density at radius 2 is 2.00 bits per heavy atom. The van der Waals surface area contributed by atoms with Gasteiger partial charge >= 0.3 is 6.36 Å². The average molecular weight is 327 g/mol. The van der Waals surface area contributed by atoms with Gasteiger partial charge in [-0.15, -0.1) is 13.2 Å². The quantitative estimate of drug-likeness (QED) is 0.650. The molecule has 0 atom stereocenters. The highest BCUT2D eigenvalue weighted by Gasteiger charge is 2.30. The Labute approximate surface area is 130 Å². The molecule has 124 valence electrons. The van der Waals surface area contributed by atoms with Gasteiger partial charge in [-0.3, -0.25) is 4.68 Å². The predicted molar refractivity (Wildman–Crippen MR) is 78.5 cm³/mol. The minimum atomic E-state index is -4.69. The number of aromatic nitrogens is 2. The molecule has 2 rings (SSSR count). The third-order valence-electron chi connectivity index (χ3n) is 2.82. The van der Waals surface area contributed by atoms with E-state index >= 15 is 0 Å². The Kier molecular flexibility index (Phi) is 5.09. The van der Waals surface area contributed by atoms with Gasteiger partial charge in [-0.25, -0.2) is 4.99 Å². The number of ether oxygens (including phenoxy) is 1. The molecule has 0 bridgehead atoms. The van der Waals surface area contributed by atoms with Crippen molar-refractivity contribution >= 4 is 5.96 Å². The summed E-state index contributed by atoms with van der Waals surface area (Å²) < 4.78 is 41.6. The number of nitrogens with one attached hydrogen (secondary N) is 1. The lowest BCUT2D eigenvalue weighted by molar-refractivity contribution is -0.274. The normalized spacial score (nSPS) is 12.3. The van der Waals surface area contributed by atoms with Crippen LogP contribution in [0.1, 0.15) is 11.1 Å². The summed E-state index contributed by atoms with van der Waals surface area (Å²) in [6.07, 6.45) is -1.17. The Hall–Kier alpha value is -2.71. The lowest BCUT2D eigenvalue weighted by Crippen LogP contribution is -2.31. The van der Waals surface area contributed by atoms with E-state index in [2.05, 4.69) is 20.1 Å². The van der Waals surface area contributed by atoms with E-state index in [9.17, 15) is 13.2 Å². The van der Waals surface area contributed by atoms with Crippen LogP contribution in [0.4, 0.5) is 13.2 Å². The summed E-state index contributed by atoms with van der Waals surface area (Å²) in [5, 5.41) is 6.90. The van der Waals surface area contributed by atoms with Gasteiger partial charge in [0, 0.05) is 25.4 Å². The second kappa shape index (κ2) is 7.03. The minimum absolute atomic E-state index is 0.240. The molecule has 9 heteroatoms. The van der Waals surface area contributed by atoms with Gasteiger partial charge < -0.3 is 15.8 Å². The standard InChI is InChI=1S/C14H16F3N5O/c1-22-9-11(8-21-22)7-20-13(18)19-6-10-2-4-12(5-3-10)23-14(15,16)17/h2-5,8-9H,6-7H2,1H3,(H3,18,19,20). The van der Waals surface area contributed by atoms with Gasteiger partial charge in [0.15, 0.2) is 5.96 Å². The summed E-state index contributed by atoms with van der Waals surface area (Å²) in [5.41, 5.74) is 7.40. The Balaban J connectivity index is 1.82. The van der Waals surface area contributed by atoms with Crippen molar-refractivity contribution in [2.45, 2.75) is 19.5 Å². The second-order valence-corrected chi connectivity index (χ2v) is 4.77. The maximum Gasteiger partial charge on any atom is 0.573 e. The summed E-state index contributed by atoms with van der Waals surface area (Å²) in [7, 11) is 1.81. The molecule has 1 aromatic carbocycles. The van der Waals surface area contributed by atoms with Crippen LogP contribution >= 0.6 is 0 Å². The number of aryl methyl sites for hydroxylation is 1. The fourth-order valence-electron chi connectivity index (χ4n) is 1.79. The molecule has 0 amide bonds. The molecule has 0 fully saturated rings. The number of benzene rings is 1. The van der Waals surface area contributed by atoms with Crippen LogP contribution < -0.4 is 15.8 Å². The van der Waals surface area contributed by atoms with Crippen molar-refractivity contribution < 1.29 is 17.9 Å². The molecule has 3 N–H and O–H groups in total. The van der Waals surface area contributed by atoms with Gasteiger partial charge in [-0.1, -0.05) is 12.1 Å². The largest absolute Gasteiger partial charge is 0.573 e. The van der Waals surface area contributed by atoms with Crippen LogP contribution in [0.5, 0.6) is 5.75 Å². The maximum atomic E-state index is 12.0. The van der Waals surface area contributed by atoms with E-state index in [1.165, 1.54) is 24.3 Å². The van der Waals surface area contributed by atoms with Crippen LogP contribution in [0.25, 0.3) is 0 Å². The zero-order valence-corrected chi connectivity index (χ0v) is 12.3. The second-order valence-electron chi connectivity index (χ2n) is 4.77. The van der Waals surface area contributed by atoms with E-state index in [1.807, 2.05) is 6.20 Å². The van der Waals surface area contributed by atoms with Crippen LogP contribution in [-0.2, 0) is 20.1 Å². The molecule has 0 radical (unpaired) electrons. The molecule has 23 heavy (non-hydrogen) atoms. The summed E-state index contributed by atoms with van der Waals surface area (Å²) in [6, 6.07) is 5.52. The van der Waals surface area contributed by atoms with Crippen LogP contribution in [-0.4, -0.2) is 22.1 Å². The van der Waals surface area contributed by atoms with Crippen LogP contribution in [0.15, 0.2) is 41.7 Å². The van der Waals surface area contributed by atoms with E-state index in [0.29, 0.717) is 13.1 Å². The minimum Gasteiger partial charge on any atom is -0.406 e. The topological polar surface area (TPSA) is 77.5 Å². The summed E-state index contributed by atoms with van der Waals surface area (Å²) in [6.45, 7) is 0.736. The average Bonchev–Trinajstić information content (AvgIpc) is 2.88. The molecule has 0 aliphatic rings. The Morgan fingerprint density at radius 1 is 1.30 bits per heavy atom. The van der Waals surface area contributed by atoms with Crippen molar-refractivity contribution in [1.29, 1.82) is 0 Å². The fraction of sp³-hybridized carbons (Fsp3) is 0.286. The number of guanidine groups is 1. The third-order valence-corrected chi connectivity index (χ3v) is 2.82. The van der Waals surface area contributed by atoms with Crippen molar-refractivity contribution in [3.05, 3.63) is 47.8 Å². The molecule has 0 saturated carbocycles. The van der Waals surface area contributed by atoms with Crippen molar-refractivity contribution in [2.75, 3.05) is 0 Å². The molecule has 0 spiro atoms. The number of aliphatic imine (C=N–C) groups is 1. The third kappa shape index (κ3) is 5.89. The molecule has 0 aliphatic heterocycles. The van der Waals surface area contributed by atoms with Crippen LogP contribution in [0.2, 0.25) is 0 Å². The van der Waals surface area contributed by atoms with E-state index < -0.39 is 6.36 Å². The zero-order valence-electron chi connectivity index (χ0n) is 12.3. The van der Waals surface area contributed by atoms with Crippen LogP contribution in [0, 0.1) is 0 Å². The molecule has 2 aromatic rings. The molecule has 0 saturated heterocycles. The lowest BCUT2D eigenvalue weighted by atomic mass is 10.2. The van der Waals surface area contributed by atoms with E-state index in [1.54, 1.807) is 17.9 Å².